The van der Waals surface area contributed by atoms with Crippen LogP contribution in [0.15, 0.2) is 18.2 Å². The minimum absolute atomic E-state index is 0.0604. The molecular weight excluding hydrogens is 232 g/mol. The molecule has 4 nitrogen and oxygen atoms in total. The van der Waals surface area contributed by atoms with Crippen LogP contribution >= 0.6 is 11.6 Å². The summed E-state index contributed by atoms with van der Waals surface area (Å²) < 4.78 is 4.92. The second kappa shape index (κ2) is 5.51. The third-order valence-electron chi connectivity index (χ3n) is 1.92. The summed E-state index contributed by atoms with van der Waals surface area (Å²) in [6.45, 7) is 1.31. The zero-order valence-electron chi connectivity index (χ0n) is 8.70. The van der Waals surface area contributed by atoms with Gasteiger partial charge >= 0.3 is 5.97 Å². The molecule has 16 heavy (non-hydrogen) atoms. The van der Waals surface area contributed by atoms with Crippen LogP contribution in [0.3, 0.4) is 0 Å². The highest BCUT2D eigenvalue weighted by Crippen LogP contribution is 2.23. The molecular formula is C11H11ClO4. The van der Waals surface area contributed by atoms with Crippen molar-refractivity contribution in [1.29, 1.82) is 0 Å². The van der Waals surface area contributed by atoms with Gasteiger partial charge in [-0.15, -0.1) is 0 Å². The Morgan fingerprint density at radius 3 is 2.62 bits per heavy atom. The first kappa shape index (κ1) is 12.5. The van der Waals surface area contributed by atoms with Crippen molar-refractivity contribution in [2.75, 3.05) is 6.61 Å². The summed E-state index contributed by atoms with van der Waals surface area (Å²) in [5.74, 6) is -0.792. The maximum absolute atomic E-state index is 11.4. The van der Waals surface area contributed by atoms with E-state index in [1.54, 1.807) is 6.92 Å². The van der Waals surface area contributed by atoms with Gasteiger partial charge in [0.05, 0.1) is 5.02 Å². The topological polar surface area (TPSA) is 63.6 Å². The number of carbonyl (C=O) groups is 2. The van der Waals surface area contributed by atoms with E-state index in [2.05, 4.69) is 0 Å². The predicted octanol–water partition coefficient (Wildman–Crippen LogP) is 2.40. The monoisotopic (exact) mass is 242 g/mol. The number of carboxylic acids is 1. The van der Waals surface area contributed by atoms with Gasteiger partial charge in [0.15, 0.2) is 12.4 Å². The van der Waals surface area contributed by atoms with Crippen molar-refractivity contribution in [3.63, 3.8) is 0 Å². The van der Waals surface area contributed by atoms with E-state index in [0.29, 0.717) is 17.7 Å². The summed E-state index contributed by atoms with van der Waals surface area (Å²) in [6.07, 6.45) is 0.370. The van der Waals surface area contributed by atoms with Gasteiger partial charge in [0, 0.05) is 12.0 Å². The molecule has 0 spiro atoms. The minimum atomic E-state index is -1.06. The Labute approximate surface area is 97.8 Å². The Bertz CT molecular complexity index is 414. The largest absolute Gasteiger partial charge is 0.482 e. The molecule has 5 heteroatoms. The van der Waals surface area contributed by atoms with Gasteiger partial charge in [0.1, 0.15) is 5.75 Å². The number of halogens is 1. The summed E-state index contributed by atoms with van der Waals surface area (Å²) in [6, 6.07) is 4.50. The number of Topliss-reactive ketones (excluding diaryl/α,β-unsaturated/α-hetero) is 1. The minimum Gasteiger partial charge on any atom is -0.482 e. The fourth-order valence-corrected chi connectivity index (χ4v) is 1.42. The Kier molecular flexibility index (Phi) is 4.31. The molecule has 0 unspecified atom stereocenters. The van der Waals surface area contributed by atoms with Gasteiger partial charge in [-0.3, -0.25) is 4.79 Å². The van der Waals surface area contributed by atoms with Crippen LogP contribution in [0.25, 0.3) is 0 Å². The first-order valence-electron chi connectivity index (χ1n) is 4.72. The Morgan fingerprint density at radius 2 is 2.12 bits per heavy atom. The molecule has 1 aromatic rings. The average molecular weight is 243 g/mol. The molecule has 0 aliphatic heterocycles. The Morgan fingerprint density at radius 1 is 1.44 bits per heavy atom. The van der Waals surface area contributed by atoms with Crippen molar-refractivity contribution in [3.05, 3.63) is 28.8 Å². The van der Waals surface area contributed by atoms with E-state index in [-0.39, 0.29) is 10.8 Å². The fraction of sp³-hybridized carbons (Fsp3) is 0.273. The number of carboxylic acid groups (broad SMARTS) is 1. The zero-order chi connectivity index (χ0) is 12.1. The van der Waals surface area contributed by atoms with E-state index in [9.17, 15) is 9.59 Å². The van der Waals surface area contributed by atoms with Crippen LogP contribution in [-0.4, -0.2) is 23.5 Å². The summed E-state index contributed by atoms with van der Waals surface area (Å²) >= 11 is 5.87. The van der Waals surface area contributed by atoms with Gasteiger partial charge in [-0.1, -0.05) is 18.5 Å². The quantitative estimate of drug-likeness (QED) is 0.806. The number of aliphatic carboxylic acids is 1. The molecule has 0 atom stereocenters. The molecule has 0 heterocycles. The van der Waals surface area contributed by atoms with Crippen molar-refractivity contribution in [3.8, 4) is 5.75 Å². The molecule has 0 saturated heterocycles. The Hall–Kier alpha value is -1.55. The predicted molar refractivity (Wildman–Crippen MR) is 59.2 cm³/mol. The molecule has 0 radical (unpaired) electrons. The summed E-state index contributed by atoms with van der Waals surface area (Å²) in [7, 11) is 0. The second-order valence-corrected chi connectivity index (χ2v) is 3.51. The fourth-order valence-electron chi connectivity index (χ4n) is 1.15. The number of hydrogen-bond acceptors (Lipinski definition) is 3. The number of benzene rings is 1. The summed E-state index contributed by atoms with van der Waals surface area (Å²) in [4.78, 5) is 21.7. The number of carbonyl (C=O) groups excluding carboxylic acids is 1. The van der Waals surface area contributed by atoms with Crippen molar-refractivity contribution in [2.24, 2.45) is 0 Å². The molecule has 0 bridgehead atoms. The molecule has 0 saturated carbocycles. The van der Waals surface area contributed by atoms with Crippen molar-refractivity contribution in [1.82, 2.24) is 0 Å². The maximum atomic E-state index is 11.4. The normalized spacial score (nSPS) is 9.88. The Balaban J connectivity index is 2.82. The van der Waals surface area contributed by atoms with Crippen LogP contribution in [0, 0.1) is 0 Å². The van der Waals surface area contributed by atoms with Crippen molar-refractivity contribution >= 4 is 23.4 Å². The molecule has 0 amide bonds. The lowest BCUT2D eigenvalue weighted by atomic mass is 10.1. The average Bonchev–Trinajstić information content (AvgIpc) is 2.25. The number of ketones is 1. The molecule has 0 aliphatic rings. The zero-order valence-corrected chi connectivity index (χ0v) is 9.45. The molecule has 0 aliphatic carbocycles. The van der Waals surface area contributed by atoms with Crippen LogP contribution in [0.5, 0.6) is 5.75 Å². The van der Waals surface area contributed by atoms with Gasteiger partial charge in [-0.25, -0.2) is 4.79 Å². The lowest BCUT2D eigenvalue weighted by Gasteiger charge is -2.06. The summed E-state index contributed by atoms with van der Waals surface area (Å²) in [5.41, 5.74) is 0.423. The highest BCUT2D eigenvalue weighted by Gasteiger charge is 2.09. The summed E-state index contributed by atoms with van der Waals surface area (Å²) in [5, 5.41) is 8.69. The van der Waals surface area contributed by atoms with Crippen LogP contribution in [-0.2, 0) is 4.79 Å². The van der Waals surface area contributed by atoms with Crippen LogP contribution in [0.2, 0.25) is 5.02 Å². The first-order valence-corrected chi connectivity index (χ1v) is 5.09. The van der Waals surface area contributed by atoms with E-state index in [1.807, 2.05) is 0 Å². The third-order valence-corrected chi connectivity index (χ3v) is 2.24. The van der Waals surface area contributed by atoms with Crippen LogP contribution < -0.4 is 4.74 Å². The SMILES string of the molecule is CCC(=O)c1ccc(OCC(=O)O)cc1Cl. The lowest BCUT2D eigenvalue weighted by Crippen LogP contribution is -2.09. The number of hydrogen-bond donors (Lipinski definition) is 1. The number of rotatable bonds is 5. The first-order chi connectivity index (χ1) is 7.54. The lowest BCUT2D eigenvalue weighted by molar-refractivity contribution is -0.139. The highest BCUT2D eigenvalue weighted by atomic mass is 35.5. The third kappa shape index (κ3) is 3.24. The highest BCUT2D eigenvalue weighted by molar-refractivity contribution is 6.34. The van der Waals surface area contributed by atoms with E-state index in [4.69, 9.17) is 21.4 Å². The molecule has 0 aromatic heterocycles. The maximum Gasteiger partial charge on any atom is 0.341 e. The molecule has 86 valence electrons. The van der Waals surface area contributed by atoms with E-state index < -0.39 is 12.6 Å². The van der Waals surface area contributed by atoms with Crippen molar-refractivity contribution < 1.29 is 19.4 Å². The van der Waals surface area contributed by atoms with E-state index in [0.717, 1.165) is 0 Å². The molecule has 1 aromatic carbocycles. The van der Waals surface area contributed by atoms with Gasteiger partial charge < -0.3 is 9.84 Å². The smallest absolute Gasteiger partial charge is 0.341 e. The van der Waals surface area contributed by atoms with Gasteiger partial charge in [0.2, 0.25) is 0 Å². The van der Waals surface area contributed by atoms with Crippen LogP contribution in [0.1, 0.15) is 23.7 Å². The van der Waals surface area contributed by atoms with Gasteiger partial charge in [-0.05, 0) is 18.2 Å². The van der Waals surface area contributed by atoms with E-state index in [1.165, 1.54) is 18.2 Å². The molecule has 0 fully saturated rings. The van der Waals surface area contributed by atoms with Crippen molar-refractivity contribution in [2.45, 2.75) is 13.3 Å². The standard InChI is InChI=1S/C11H11ClO4/c1-2-10(13)8-4-3-7(5-9(8)12)16-6-11(14)15/h3-5H,2,6H2,1H3,(H,14,15). The van der Waals surface area contributed by atoms with Gasteiger partial charge in [-0.2, -0.15) is 0 Å². The van der Waals surface area contributed by atoms with Gasteiger partial charge in [0.25, 0.3) is 0 Å². The van der Waals surface area contributed by atoms with E-state index >= 15 is 0 Å². The second-order valence-electron chi connectivity index (χ2n) is 3.10. The van der Waals surface area contributed by atoms with Crippen LogP contribution in [0.4, 0.5) is 0 Å². The molecule has 1 rings (SSSR count). The number of ether oxygens (including phenoxy) is 1. The molecule has 1 N–H and O–H groups in total.